The Hall–Kier alpha value is -2.37. The van der Waals surface area contributed by atoms with Gasteiger partial charge < -0.3 is 36.1 Å². The lowest BCUT2D eigenvalue weighted by atomic mass is 9.92. The van der Waals surface area contributed by atoms with E-state index in [-0.39, 0.29) is 38.3 Å². The molecule has 0 amide bonds. The first kappa shape index (κ1) is 26.7. The van der Waals surface area contributed by atoms with E-state index < -0.39 is 5.97 Å². The van der Waals surface area contributed by atoms with Crippen molar-refractivity contribution in [3.63, 3.8) is 0 Å². The van der Waals surface area contributed by atoms with Gasteiger partial charge in [-0.25, -0.2) is 4.79 Å². The number of rotatable bonds is 10. The van der Waals surface area contributed by atoms with Gasteiger partial charge in [-0.2, -0.15) is 9.59 Å². The molecule has 170 valence electrons. The summed E-state index contributed by atoms with van der Waals surface area (Å²) in [6.07, 6.45) is 0.250. The number of aliphatic hydroxyl groups is 3. The van der Waals surface area contributed by atoms with Crippen molar-refractivity contribution in [2.75, 3.05) is 19.7 Å². The molecule has 0 atom stereocenters. The van der Waals surface area contributed by atoms with Crippen LogP contribution in [-0.2, 0) is 40.7 Å². The highest BCUT2D eigenvalue weighted by molar-refractivity contribution is 9.10. The number of carbonyl (C=O) groups excluding carboxylic acids is 3. The number of esters is 1. The third-order valence-corrected chi connectivity index (χ3v) is 5.20. The van der Waals surface area contributed by atoms with E-state index in [4.69, 9.17) is 20.1 Å². The number of aliphatic hydroxyl groups excluding tert-OH is 3. The van der Waals surface area contributed by atoms with Crippen molar-refractivity contribution in [2.24, 2.45) is 5.73 Å². The third kappa shape index (κ3) is 6.55. The lowest BCUT2D eigenvalue weighted by Crippen LogP contribution is -2.22. The maximum absolute atomic E-state index is 12.3. The van der Waals surface area contributed by atoms with Crippen LogP contribution in [0.1, 0.15) is 39.8 Å². The van der Waals surface area contributed by atoms with E-state index in [2.05, 4.69) is 26.2 Å². The Kier molecular flexibility index (Phi) is 11.9. The van der Waals surface area contributed by atoms with Gasteiger partial charge in [-0.1, -0.05) is 12.1 Å². The van der Waals surface area contributed by atoms with Gasteiger partial charge in [0.1, 0.15) is 5.69 Å². The van der Waals surface area contributed by atoms with Gasteiger partial charge in [0, 0.05) is 30.9 Å². The number of nitrogens with one attached hydrogen (secondary N) is 2. The molecule has 10 nitrogen and oxygen atoms in total. The molecule has 0 fully saturated rings. The quantitative estimate of drug-likeness (QED) is 0.201. The normalized spacial score (nSPS) is 10.3. The molecule has 0 aliphatic heterocycles. The van der Waals surface area contributed by atoms with Crippen LogP contribution in [0.15, 0.2) is 16.6 Å². The Morgan fingerprint density at radius 1 is 1.19 bits per heavy atom. The highest BCUT2D eigenvalue weighted by Crippen LogP contribution is 2.39. The monoisotopic (exact) mass is 499 g/mol. The summed E-state index contributed by atoms with van der Waals surface area (Å²) in [4.78, 5) is 31.7. The number of hydrogen-bond donors (Lipinski definition) is 6. The lowest BCUT2D eigenvalue weighted by Gasteiger charge is -2.16. The zero-order valence-corrected chi connectivity index (χ0v) is 18.6. The SMILES string of the molecule is CCOC(=O)c1[nH]c(CNCCN)c(-c2ccc(CO)c(CO)c2CO)c1Br.O=C=O. The highest BCUT2D eigenvalue weighted by Gasteiger charge is 2.25. The molecule has 7 N–H and O–H groups in total. The van der Waals surface area contributed by atoms with Crippen LogP contribution in [-0.4, -0.2) is 52.1 Å². The molecule has 0 unspecified atom stereocenters. The molecule has 0 aliphatic rings. The van der Waals surface area contributed by atoms with Gasteiger partial charge in [0.05, 0.1) is 30.9 Å². The predicted octanol–water partition coefficient (Wildman–Crippen LogP) is 0.563. The van der Waals surface area contributed by atoms with Crippen LogP contribution in [0.4, 0.5) is 0 Å². The van der Waals surface area contributed by atoms with Crippen LogP contribution in [0.5, 0.6) is 0 Å². The van der Waals surface area contributed by atoms with Crippen molar-refractivity contribution < 1.29 is 34.4 Å². The second kappa shape index (κ2) is 13.8. The largest absolute Gasteiger partial charge is 0.461 e. The third-order valence-electron chi connectivity index (χ3n) is 4.40. The summed E-state index contributed by atoms with van der Waals surface area (Å²) < 4.78 is 5.62. The van der Waals surface area contributed by atoms with Gasteiger partial charge in [-0.05, 0) is 45.1 Å². The van der Waals surface area contributed by atoms with Gasteiger partial charge in [-0.3, -0.25) is 0 Å². The zero-order valence-electron chi connectivity index (χ0n) is 17.0. The summed E-state index contributed by atoms with van der Waals surface area (Å²) >= 11 is 3.49. The van der Waals surface area contributed by atoms with Gasteiger partial charge in [0.25, 0.3) is 0 Å². The Morgan fingerprint density at radius 3 is 2.35 bits per heavy atom. The van der Waals surface area contributed by atoms with Crippen LogP contribution >= 0.6 is 15.9 Å². The fraction of sp³-hybridized carbons (Fsp3) is 0.400. The number of aromatic amines is 1. The topological polar surface area (TPSA) is 175 Å². The minimum atomic E-state index is -0.499. The molecule has 0 spiro atoms. The summed E-state index contributed by atoms with van der Waals surface area (Å²) in [6.45, 7) is 2.51. The Bertz CT molecular complexity index is 909. The average Bonchev–Trinajstić information content (AvgIpc) is 3.09. The summed E-state index contributed by atoms with van der Waals surface area (Å²) in [5, 5.41) is 32.4. The fourth-order valence-corrected chi connectivity index (χ4v) is 3.81. The smallest absolute Gasteiger partial charge is 0.373 e. The molecular formula is C20H26BrN3O7. The molecule has 0 radical (unpaired) electrons. The van der Waals surface area contributed by atoms with Crippen LogP contribution in [0, 0.1) is 0 Å². The lowest BCUT2D eigenvalue weighted by molar-refractivity contribution is -0.191. The number of aromatic nitrogens is 1. The Balaban J connectivity index is 0.00000151. The van der Waals surface area contributed by atoms with E-state index >= 15 is 0 Å². The number of hydrogen-bond acceptors (Lipinski definition) is 9. The molecule has 0 aliphatic carbocycles. The van der Waals surface area contributed by atoms with Gasteiger partial charge in [0.2, 0.25) is 0 Å². The van der Waals surface area contributed by atoms with Crippen LogP contribution in [0.3, 0.4) is 0 Å². The van der Waals surface area contributed by atoms with E-state index in [0.29, 0.717) is 57.6 Å². The maximum Gasteiger partial charge on any atom is 0.373 e. The van der Waals surface area contributed by atoms with Crippen molar-refractivity contribution in [1.82, 2.24) is 10.3 Å². The number of benzene rings is 1. The molecule has 1 heterocycles. The van der Waals surface area contributed by atoms with E-state index in [1.165, 1.54) is 0 Å². The first-order valence-electron chi connectivity index (χ1n) is 9.39. The number of ether oxygens (including phenoxy) is 1. The van der Waals surface area contributed by atoms with E-state index in [1.54, 1.807) is 19.1 Å². The highest BCUT2D eigenvalue weighted by atomic mass is 79.9. The molecular weight excluding hydrogens is 474 g/mol. The van der Waals surface area contributed by atoms with E-state index in [1.807, 2.05) is 0 Å². The van der Waals surface area contributed by atoms with Gasteiger partial charge >= 0.3 is 12.1 Å². The maximum atomic E-state index is 12.3. The summed E-state index contributed by atoms with van der Waals surface area (Å²) in [6, 6.07) is 3.45. The standard InChI is InChI=1S/C19H26BrN3O5.CO2/c1-2-28-19(27)18-17(20)16(15(23-18)7-22-6-5-21)12-4-3-11(8-24)13(9-25)14(12)10-26;2-1-3/h3-4,22-26H,2,5-10,21H2,1H3;. The first-order chi connectivity index (χ1) is 14.9. The minimum absolute atomic E-state index is 0.238. The molecule has 0 bridgehead atoms. The van der Waals surface area contributed by atoms with E-state index in [9.17, 15) is 20.1 Å². The number of halogens is 1. The van der Waals surface area contributed by atoms with Gasteiger partial charge in [-0.15, -0.1) is 0 Å². The molecule has 31 heavy (non-hydrogen) atoms. The number of carbonyl (C=O) groups is 1. The second-order valence-electron chi connectivity index (χ2n) is 6.14. The van der Waals surface area contributed by atoms with Gasteiger partial charge in [0.15, 0.2) is 0 Å². The molecule has 1 aromatic carbocycles. The molecule has 1 aromatic heterocycles. The minimum Gasteiger partial charge on any atom is -0.461 e. The first-order valence-corrected chi connectivity index (χ1v) is 10.2. The Morgan fingerprint density at radius 2 is 1.84 bits per heavy atom. The Labute approximate surface area is 187 Å². The number of H-pyrrole nitrogens is 1. The molecule has 0 saturated carbocycles. The van der Waals surface area contributed by atoms with Crippen molar-refractivity contribution in [3.8, 4) is 11.1 Å². The van der Waals surface area contributed by atoms with Crippen molar-refractivity contribution in [3.05, 3.63) is 44.7 Å². The van der Waals surface area contributed by atoms with Crippen molar-refractivity contribution in [1.29, 1.82) is 0 Å². The molecule has 2 aromatic rings. The fourth-order valence-electron chi connectivity index (χ4n) is 3.10. The van der Waals surface area contributed by atoms with Crippen LogP contribution in [0.2, 0.25) is 0 Å². The average molecular weight is 500 g/mol. The molecule has 0 saturated heterocycles. The second-order valence-corrected chi connectivity index (χ2v) is 6.93. The van der Waals surface area contributed by atoms with Crippen molar-refractivity contribution >= 4 is 28.1 Å². The van der Waals surface area contributed by atoms with Crippen LogP contribution in [0.25, 0.3) is 11.1 Å². The predicted molar refractivity (Wildman–Crippen MR) is 113 cm³/mol. The van der Waals surface area contributed by atoms with E-state index in [0.717, 1.165) is 0 Å². The summed E-state index contributed by atoms with van der Waals surface area (Å²) in [5.41, 5.74) is 9.33. The number of nitrogens with two attached hydrogens (primary N) is 1. The summed E-state index contributed by atoms with van der Waals surface area (Å²) in [7, 11) is 0. The van der Waals surface area contributed by atoms with Crippen LogP contribution < -0.4 is 11.1 Å². The van der Waals surface area contributed by atoms with Crippen molar-refractivity contribution in [2.45, 2.75) is 33.3 Å². The zero-order chi connectivity index (χ0) is 23.4. The molecule has 2 rings (SSSR count). The molecule has 11 heteroatoms. The summed E-state index contributed by atoms with van der Waals surface area (Å²) in [5.74, 6) is -0.499.